The molecule has 14 radical (unpaired) electrons. The molecular weight excluding hydrogens is 1240 g/mol. The Morgan fingerprint density at radius 1 is 0.0714 bits per heavy atom. The Balaban J connectivity index is 0. The van der Waals surface area contributed by atoms with Crippen LogP contribution in [0, 0.1) is 0 Å². The van der Waals surface area contributed by atoms with Crippen LogP contribution in [0.2, 0.25) is 0 Å². The van der Waals surface area contributed by atoms with Gasteiger partial charge in [0.15, 0.2) is 0 Å². The van der Waals surface area contributed by atoms with Crippen molar-refractivity contribution in [1.82, 2.24) is 0 Å². The SMILES string of the molecule is [Y].[Y].[Y].[Y].[Y].[Y].[Y].[Y].[Y].[Y].[Y].[Y].[Y].[Y]. The van der Waals surface area contributed by atoms with Crippen molar-refractivity contribution in [2.24, 2.45) is 0 Å². The van der Waals surface area contributed by atoms with Gasteiger partial charge >= 0.3 is 0 Å². The monoisotopic (exact) mass is 1240 g/mol. The molecule has 0 saturated heterocycles. The van der Waals surface area contributed by atoms with E-state index in [9.17, 15) is 0 Å². The molecule has 0 heterocycles. The van der Waals surface area contributed by atoms with Gasteiger partial charge in [-0.15, -0.1) is 0 Å². The molecule has 0 atom stereocenters. The van der Waals surface area contributed by atoms with E-state index >= 15 is 0 Å². The van der Waals surface area contributed by atoms with E-state index in [1.165, 1.54) is 0 Å². The Labute approximate surface area is 441 Å². The first kappa shape index (κ1) is 99.8. The zero-order valence-corrected chi connectivity index (χ0v) is 47.8. The van der Waals surface area contributed by atoms with Gasteiger partial charge in [-0.1, -0.05) is 0 Å². The standard InChI is InChI=1S/14Y. The van der Waals surface area contributed by atoms with Gasteiger partial charge in [-0.05, 0) is 0 Å². The van der Waals surface area contributed by atoms with Crippen molar-refractivity contribution >= 4 is 0 Å². The maximum absolute atomic E-state index is 0. The topological polar surface area (TPSA) is 0 Å². The number of hydrogen-bond acceptors (Lipinski definition) is 0. The summed E-state index contributed by atoms with van der Waals surface area (Å²) in [4.78, 5) is 0. The van der Waals surface area contributed by atoms with E-state index in [2.05, 4.69) is 0 Å². The maximum atomic E-state index is 0. The molecule has 0 nitrogen and oxygen atoms in total. The molecule has 42 valence electrons. The molecule has 0 N–H and O–H groups in total. The predicted molar refractivity (Wildman–Crippen MR) is 0 cm³/mol. The van der Waals surface area contributed by atoms with Crippen LogP contribution in [0.3, 0.4) is 0 Å². The summed E-state index contributed by atoms with van der Waals surface area (Å²) in [5, 5.41) is 0. The van der Waals surface area contributed by atoms with E-state index in [-0.39, 0.29) is 458 Å². The molecule has 0 aromatic rings. The molecular formula is Y14. The average molecular weight is 1240 g/mol. The average Bonchev–Trinajstić information content (AvgIpc) is 0. The molecule has 0 aromatic carbocycles. The maximum Gasteiger partial charge on any atom is 0 e. The van der Waals surface area contributed by atoms with E-state index in [1.54, 1.807) is 0 Å². The summed E-state index contributed by atoms with van der Waals surface area (Å²) in [6, 6.07) is 0. The first-order valence-electron chi connectivity index (χ1n) is 0. The van der Waals surface area contributed by atoms with E-state index in [0.717, 1.165) is 0 Å². The summed E-state index contributed by atoms with van der Waals surface area (Å²) >= 11 is 0. The summed E-state index contributed by atoms with van der Waals surface area (Å²) in [5.41, 5.74) is 0. The van der Waals surface area contributed by atoms with Crippen LogP contribution in [-0.4, -0.2) is 0 Å². The smallest absolute Gasteiger partial charge is 0 e. The second kappa shape index (κ2) is 89.8. The van der Waals surface area contributed by atoms with Crippen LogP contribution in [0.5, 0.6) is 0 Å². The fourth-order valence-corrected chi connectivity index (χ4v) is 0. The molecule has 14 heteroatoms. The minimum Gasteiger partial charge on any atom is 0 e. The molecule has 0 aliphatic carbocycles. The van der Waals surface area contributed by atoms with E-state index in [0.29, 0.717) is 0 Å². The molecule has 0 aliphatic heterocycles. The van der Waals surface area contributed by atoms with Gasteiger partial charge in [-0.3, -0.25) is 0 Å². The molecule has 0 aromatic heterocycles. The molecule has 0 bridgehead atoms. The summed E-state index contributed by atoms with van der Waals surface area (Å²) in [5.74, 6) is 0. The van der Waals surface area contributed by atoms with Crippen molar-refractivity contribution in [1.29, 1.82) is 0 Å². The first-order chi connectivity index (χ1) is 0. The second-order valence-electron chi connectivity index (χ2n) is 0. The zero-order chi connectivity index (χ0) is 0. The second-order valence-corrected chi connectivity index (χ2v) is 0. The number of hydrogen-bond donors (Lipinski definition) is 0. The Bertz CT molecular complexity index is 0. The third-order valence-corrected chi connectivity index (χ3v) is 0. The summed E-state index contributed by atoms with van der Waals surface area (Å²) in [6.45, 7) is 0. The summed E-state index contributed by atoms with van der Waals surface area (Å²) < 4.78 is 0. The fourth-order valence-electron chi connectivity index (χ4n) is 0. The van der Waals surface area contributed by atoms with Gasteiger partial charge in [0.1, 0.15) is 0 Å². The Hall–Kier alpha value is 15.5. The van der Waals surface area contributed by atoms with Gasteiger partial charge in [0.25, 0.3) is 0 Å². The Morgan fingerprint density at radius 2 is 0.0714 bits per heavy atom. The molecule has 0 spiro atoms. The van der Waals surface area contributed by atoms with Crippen LogP contribution >= 0.6 is 0 Å². The van der Waals surface area contributed by atoms with E-state index in [1.807, 2.05) is 0 Å². The largest absolute Gasteiger partial charge is 0 e. The van der Waals surface area contributed by atoms with Gasteiger partial charge in [0.2, 0.25) is 0 Å². The van der Waals surface area contributed by atoms with Crippen LogP contribution in [0.25, 0.3) is 0 Å². The Kier molecular flexibility index (Phi) is 640. The summed E-state index contributed by atoms with van der Waals surface area (Å²) in [7, 11) is 0. The van der Waals surface area contributed by atoms with Crippen LogP contribution in [-0.2, 0) is 458 Å². The van der Waals surface area contributed by atoms with Crippen LogP contribution in [0.4, 0.5) is 0 Å². The molecule has 14 heavy (non-hydrogen) atoms. The molecule has 0 amide bonds. The predicted octanol–water partition coefficient (Wildman–Crippen LogP) is -0.0350. The van der Waals surface area contributed by atoms with Crippen LogP contribution < -0.4 is 0 Å². The third-order valence-electron chi connectivity index (χ3n) is 0. The van der Waals surface area contributed by atoms with Crippen molar-refractivity contribution in [3.63, 3.8) is 0 Å². The van der Waals surface area contributed by atoms with Crippen molar-refractivity contribution in [3.8, 4) is 0 Å². The van der Waals surface area contributed by atoms with Gasteiger partial charge in [-0.25, -0.2) is 0 Å². The van der Waals surface area contributed by atoms with Gasteiger partial charge in [0, 0.05) is 458 Å². The molecule has 0 rings (SSSR count). The van der Waals surface area contributed by atoms with Crippen LogP contribution in [0.15, 0.2) is 0 Å². The third kappa shape index (κ3) is 80.4. The minimum atomic E-state index is 0. The Morgan fingerprint density at radius 3 is 0.0714 bits per heavy atom. The van der Waals surface area contributed by atoms with E-state index in [4.69, 9.17) is 0 Å². The molecule has 0 saturated carbocycles. The first-order valence-corrected chi connectivity index (χ1v) is 0. The van der Waals surface area contributed by atoms with Gasteiger partial charge < -0.3 is 0 Å². The van der Waals surface area contributed by atoms with Crippen molar-refractivity contribution in [2.45, 2.75) is 0 Å². The van der Waals surface area contributed by atoms with Crippen LogP contribution in [0.1, 0.15) is 0 Å². The van der Waals surface area contributed by atoms with Crippen molar-refractivity contribution in [3.05, 3.63) is 0 Å². The molecule has 0 fully saturated rings. The molecule has 0 unspecified atom stereocenters. The normalized spacial score (nSPS) is 0. The summed E-state index contributed by atoms with van der Waals surface area (Å²) in [6.07, 6.45) is 0. The fraction of sp³-hybridized carbons (Fsp3) is 0. The van der Waals surface area contributed by atoms with Gasteiger partial charge in [-0.2, -0.15) is 0 Å². The minimum absolute atomic E-state index is 0. The van der Waals surface area contributed by atoms with E-state index < -0.39 is 0 Å². The van der Waals surface area contributed by atoms with Crippen molar-refractivity contribution in [2.75, 3.05) is 0 Å². The van der Waals surface area contributed by atoms with Crippen molar-refractivity contribution < 1.29 is 458 Å². The number of rotatable bonds is 0. The zero-order valence-electron chi connectivity index (χ0n) is 8.08. The quantitative estimate of drug-likeness (QED) is 0.321. The molecule has 0 aliphatic rings. The van der Waals surface area contributed by atoms with Gasteiger partial charge in [0.05, 0.1) is 0 Å².